The van der Waals surface area contributed by atoms with Crippen molar-refractivity contribution in [3.63, 3.8) is 0 Å². The highest BCUT2D eigenvalue weighted by molar-refractivity contribution is 7.92. The van der Waals surface area contributed by atoms with Gasteiger partial charge in [-0.05, 0) is 72.8 Å². The van der Waals surface area contributed by atoms with Gasteiger partial charge in [0.05, 0.1) is 48.5 Å². The molecule has 0 amide bonds. The minimum Gasteiger partial charge on any atom is -0.477 e. The van der Waals surface area contributed by atoms with Gasteiger partial charge in [-0.1, -0.05) is 83.2 Å². The Labute approximate surface area is 315 Å². The number of hydrogen-bond acceptors (Lipinski definition) is 9. The number of aromatic nitrogens is 4. The molecule has 3 aliphatic rings. The molecular weight excluding hydrogens is 685 g/mol. The molecule has 11 heteroatoms. The maximum absolute atomic E-state index is 14.1. The number of benzene rings is 2. The fraction of sp³-hybridized carbons (Fsp3) is 0.524. The largest absolute Gasteiger partial charge is 0.477 e. The van der Waals surface area contributed by atoms with Crippen molar-refractivity contribution in [1.82, 2.24) is 19.9 Å². The summed E-state index contributed by atoms with van der Waals surface area (Å²) in [5, 5.41) is 0. The molecule has 53 heavy (non-hydrogen) atoms. The maximum atomic E-state index is 14.1. The lowest BCUT2D eigenvalue weighted by atomic mass is 9.75. The van der Waals surface area contributed by atoms with E-state index in [-0.39, 0.29) is 28.1 Å². The van der Waals surface area contributed by atoms with Crippen molar-refractivity contribution in [3.8, 4) is 17.1 Å². The van der Waals surface area contributed by atoms with Gasteiger partial charge in [-0.25, -0.2) is 28.1 Å². The van der Waals surface area contributed by atoms with Crippen LogP contribution in [0.5, 0.6) is 5.88 Å². The molecule has 2 aromatic carbocycles. The number of morpholine rings is 1. The third-order valence-corrected chi connectivity index (χ3v) is 12.4. The summed E-state index contributed by atoms with van der Waals surface area (Å²) in [6, 6.07) is 13.7. The molecule has 1 saturated heterocycles. The van der Waals surface area contributed by atoms with Crippen LogP contribution in [-0.4, -0.2) is 61.3 Å². The van der Waals surface area contributed by atoms with Crippen molar-refractivity contribution in [2.45, 2.75) is 96.8 Å². The molecule has 4 aromatic rings. The van der Waals surface area contributed by atoms with Gasteiger partial charge < -0.3 is 14.4 Å². The van der Waals surface area contributed by atoms with Gasteiger partial charge in [0.2, 0.25) is 11.8 Å². The lowest BCUT2D eigenvalue weighted by Crippen LogP contribution is -2.36. The molecule has 2 aromatic heterocycles. The molecule has 2 atom stereocenters. The molecule has 1 saturated carbocycles. The first-order valence-corrected chi connectivity index (χ1v) is 20.8. The molecule has 2 fully saturated rings. The van der Waals surface area contributed by atoms with Crippen LogP contribution in [0, 0.1) is 31.1 Å². The van der Waals surface area contributed by atoms with Crippen molar-refractivity contribution in [2.24, 2.45) is 17.3 Å². The van der Waals surface area contributed by atoms with E-state index in [9.17, 15) is 8.42 Å². The van der Waals surface area contributed by atoms with E-state index in [1.54, 1.807) is 12.1 Å². The molecule has 1 aliphatic carbocycles. The summed E-state index contributed by atoms with van der Waals surface area (Å²) < 4.78 is 43.2. The third kappa shape index (κ3) is 8.83. The van der Waals surface area contributed by atoms with Gasteiger partial charge in [0.25, 0.3) is 10.0 Å². The lowest BCUT2D eigenvalue weighted by Gasteiger charge is -2.33. The summed E-state index contributed by atoms with van der Waals surface area (Å²) in [7, 11) is -4.05. The summed E-state index contributed by atoms with van der Waals surface area (Å²) >= 11 is 0. The first kappa shape index (κ1) is 37.2. The van der Waals surface area contributed by atoms with Crippen LogP contribution in [0.25, 0.3) is 11.3 Å². The number of fused-ring (bicyclic) bond motifs is 4. The Hall–Kier alpha value is -4.09. The molecule has 0 radical (unpaired) electrons. The molecule has 1 N–H and O–H groups in total. The molecule has 2 aliphatic heterocycles. The van der Waals surface area contributed by atoms with Gasteiger partial charge in [-0.2, -0.15) is 4.98 Å². The summed E-state index contributed by atoms with van der Waals surface area (Å²) in [5.41, 5.74) is 6.72. The van der Waals surface area contributed by atoms with Crippen LogP contribution in [0.1, 0.15) is 93.3 Å². The number of nitrogens with zero attached hydrogens (tertiary/aromatic N) is 5. The van der Waals surface area contributed by atoms with Gasteiger partial charge in [0.15, 0.2) is 0 Å². The highest BCUT2D eigenvalue weighted by Gasteiger charge is 2.32. The zero-order valence-corrected chi connectivity index (χ0v) is 32.7. The average molecular weight is 739 g/mol. The second-order valence-corrected chi connectivity index (χ2v) is 18.1. The zero-order valence-electron chi connectivity index (χ0n) is 31.9. The van der Waals surface area contributed by atoms with E-state index >= 15 is 0 Å². The lowest BCUT2D eigenvalue weighted by molar-refractivity contribution is 0.122. The predicted octanol–water partition coefficient (Wildman–Crippen LogP) is 8.08. The third-order valence-electron chi connectivity index (χ3n) is 11.1. The van der Waals surface area contributed by atoms with Crippen LogP contribution in [0.15, 0.2) is 59.8 Å². The SMILES string of the molecule is Cc1cccc(CC2CCCCC2)c1-c1nc2nc(c1C)OC[C@@H](CC(C)(C)C)C(Cc1ncc(N3CCOCC3)cn1)c1cccc(c1)S(=O)(=O)N2. The van der Waals surface area contributed by atoms with Crippen LogP contribution in [0.2, 0.25) is 0 Å². The number of ether oxygens (including phenoxy) is 2. The van der Waals surface area contributed by atoms with Crippen LogP contribution < -0.4 is 14.4 Å². The van der Waals surface area contributed by atoms with Crippen LogP contribution in [0.3, 0.4) is 0 Å². The quantitative estimate of drug-likeness (QED) is 0.201. The van der Waals surface area contributed by atoms with E-state index in [0.717, 1.165) is 53.9 Å². The smallest absolute Gasteiger partial charge is 0.264 e. The molecule has 4 heterocycles. The second kappa shape index (κ2) is 15.7. The van der Waals surface area contributed by atoms with E-state index in [2.05, 4.69) is 55.5 Å². The Balaban J connectivity index is 1.29. The predicted molar refractivity (Wildman–Crippen MR) is 209 cm³/mol. The topological polar surface area (TPSA) is 119 Å². The standard InChI is InChI=1S/C42H54N6O4S/c1-28-11-9-15-32(21-30-12-7-6-8-13-30)38(28)39-29(2)40-46-41(45-39)47-53(49,50)35-16-10-14-31(22-35)36(33(27-52-40)24-42(3,4)5)23-37-43-25-34(26-44-37)48-17-19-51-20-18-48/h9-11,14-16,22,25-26,30,33,36H,6-8,12-13,17-21,23-24,27H2,1-5H3,(H,45,46,47)/t33-,36?/m1/s1. The Morgan fingerprint density at radius 2 is 1.66 bits per heavy atom. The first-order chi connectivity index (χ1) is 25.4. The molecule has 0 spiro atoms. The van der Waals surface area contributed by atoms with E-state index in [1.165, 1.54) is 37.7 Å². The molecule has 1 unspecified atom stereocenters. The minimum absolute atomic E-state index is 0.00977. The second-order valence-electron chi connectivity index (χ2n) is 16.4. The van der Waals surface area contributed by atoms with Gasteiger partial charge in [0, 0.05) is 36.6 Å². The molecule has 7 rings (SSSR count). The van der Waals surface area contributed by atoms with E-state index in [0.29, 0.717) is 49.6 Å². The van der Waals surface area contributed by atoms with E-state index < -0.39 is 10.0 Å². The normalized spacial score (nSPS) is 20.8. The molecule has 4 bridgehead atoms. The van der Waals surface area contributed by atoms with Gasteiger partial charge in [-0.15, -0.1) is 0 Å². The fourth-order valence-corrected chi connectivity index (χ4v) is 9.44. The average Bonchev–Trinajstić information content (AvgIpc) is 3.14. The first-order valence-electron chi connectivity index (χ1n) is 19.3. The Morgan fingerprint density at radius 1 is 0.925 bits per heavy atom. The van der Waals surface area contributed by atoms with Crippen LogP contribution in [-0.2, 0) is 27.6 Å². The number of aryl methyl sites for hydroxylation is 1. The van der Waals surface area contributed by atoms with Crippen LogP contribution in [0.4, 0.5) is 11.6 Å². The van der Waals surface area contributed by atoms with E-state index in [1.807, 2.05) is 31.5 Å². The molecule has 10 nitrogen and oxygen atoms in total. The van der Waals surface area contributed by atoms with Gasteiger partial charge in [0.1, 0.15) is 5.82 Å². The van der Waals surface area contributed by atoms with Crippen molar-refractivity contribution in [1.29, 1.82) is 0 Å². The number of hydrogen-bond donors (Lipinski definition) is 1. The Bertz CT molecular complexity index is 2000. The summed E-state index contributed by atoms with van der Waals surface area (Å²) in [5.74, 6) is 1.60. The Kier molecular flexibility index (Phi) is 11.0. The van der Waals surface area contributed by atoms with Crippen LogP contribution >= 0.6 is 0 Å². The van der Waals surface area contributed by atoms with Crippen molar-refractivity contribution in [3.05, 3.63) is 82.9 Å². The summed E-state index contributed by atoms with van der Waals surface area (Å²) in [6.07, 6.45) is 12.4. The minimum atomic E-state index is -4.05. The van der Waals surface area contributed by atoms with Gasteiger partial charge >= 0.3 is 0 Å². The summed E-state index contributed by atoms with van der Waals surface area (Å²) in [4.78, 5) is 21.7. The zero-order chi connectivity index (χ0) is 37.2. The Morgan fingerprint density at radius 3 is 2.40 bits per heavy atom. The number of sulfonamides is 1. The summed E-state index contributed by atoms with van der Waals surface area (Å²) in [6.45, 7) is 14.2. The maximum Gasteiger partial charge on any atom is 0.264 e. The van der Waals surface area contributed by atoms with Crippen molar-refractivity contribution in [2.75, 3.05) is 42.5 Å². The van der Waals surface area contributed by atoms with Crippen molar-refractivity contribution >= 4 is 21.7 Å². The van der Waals surface area contributed by atoms with Crippen molar-refractivity contribution < 1.29 is 17.9 Å². The molecule has 282 valence electrons. The number of rotatable bonds is 7. The monoisotopic (exact) mass is 738 g/mol. The van der Waals surface area contributed by atoms with E-state index in [4.69, 9.17) is 29.4 Å². The van der Waals surface area contributed by atoms with Gasteiger partial charge in [-0.3, -0.25) is 0 Å². The molecular formula is C42H54N6O4S. The highest BCUT2D eigenvalue weighted by atomic mass is 32.2. The number of nitrogens with one attached hydrogen (secondary N) is 1. The number of anilines is 2. The highest BCUT2D eigenvalue weighted by Crippen LogP contribution is 2.40. The fourth-order valence-electron chi connectivity index (χ4n) is 8.44.